The fraction of sp³-hybridized carbons (Fsp3) is 0.364. The van der Waals surface area contributed by atoms with Gasteiger partial charge in [-0.15, -0.1) is 0 Å². The van der Waals surface area contributed by atoms with Crippen LogP contribution in [0, 0.1) is 17.8 Å². The van der Waals surface area contributed by atoms with Gasteiger partial charge in [0.05, 0.1) is 0 Å². The molecule has 4 rings (SSSR count). The molecule has 0 bridgehead atoms. The Hall–Kier alpha value is -1.88. The van der Waals surface area contributed by atoms with Gasteiger partial charge >= 0.3 is 0 Å². The Labute approximate surface area is 175 Å². The zero-order valence-electron chi connectivity index (χ0n) is 15.5. The Morgan fingerprint density at radius 3 is 2.64 bits per heavy atom. The summed E-state index contributed by atoms with van der Waals surface area (Å²) in [7, 11) is 0. The van der Waals surface area contributed by atoms with Gasteiger partial charge < -0.3 is 5.32 Å². The van der Waals surface area contributed by atoms with Crippen molar-refractivity contribution in [3.8, 4) is 0 Å². The van der Waals surface area contributed by atoms with Crippen molar-refractivity contribution in [2.45, 2.75) is 13.0 Å². The van der Waals surface area contributed by atoms with Gasteiger partial charge in [-0.3, -0.25) is 14.7 Å². The van der Waals surface area contributed by atoms with E-state index in [2.05, 4.69) is 15.2 Å². The number of nitrogens with zero attached hydrogens (tertiary/aromatic N) is 2. The Kier molecular flexibility index (Phi) is 6.00. The molecule has 1 aromatic heterocycles. The van der Waals surface area contributed by atoms with E-state index in [4.69, 9.17) is 23.2 Å². The lowest BCUT2D eigenvalue weighted by atomic mass is 10.1. The van der Waals surface area contributed by atoms with Gasteiger partial charge in [0.2, 0.25) is 5.91 Å². The van der Waals surface area contributed by atoms with E-state index in [1.54, 1.807) is 30.6 Å². The normalized spacial score (nSPS) is 23.7. The number of piperidine rings is 1. The summed E-state index contributed by atoms with van der Waals surface area (Å²) in [5, 5.41) is 4.37. The number of likely N-dealkylation sites (tertiary alicyclic amines) is 1. The minimum Gasteiger partial charge on any atom is -0.353 e. The minimum atomic E-state index is -0.0471. The summed E-state index contributed by atoms with van der Waals surface area (Å²) in [6.07, 6.45) is 7.86. The molecule has 2 aromatic rings. The zero-order chi connectivity index (χ0) is 19.5. The summed E-state index contributed by atoms with van der Waals surface area (Å²) in [6, 6.07) is 9.52. The number of halogens is 2. The maximum absolute atomic E-state index is 11.9. The number of carbonyl (C=O) groups is 1. The third kappa shape index (κ3) is 4.93. The molecule has 1 saturated heterocycles. The maximum Gasteiger partial charge on any atom is 0.244 e. The fourth-order valence-corrected chi connectivity index (χ4v) is 4.89. The van der Waals surface area contributed by atoms with Crippen molar-refractivity contribution in [3.05, 3.63) is 70.0 Å². The van der Waals surface area contributed by atoms with E-state index in [1.807, 2.05) is 24.3 Å². The highest BCUT2D eigenvalue weighted by Crippen LogP contribution is 2.53. The molecule has 1 aromatic carbocycles. The number of amides is 1. The Bertz CT molecular complexity index is 839. The molecular weight excluding hydrogens is 393 g/mol. The number of fused-ring (bicyclic) bond motifs is 1. The molecule has 3 atom stereocenters. The molecule has 6 heteroatoms. The van der Waals surface area contributed by atoms with Crippen LogP contribution in [0.15, 0.2) is 48.8 Å². The molecule has 2 heterocycles. The Morgan fingerprint density at radius 1 is 1.21 bits per heavy atom. The zero-order valence-corrected chi connectivity index (χ0v) is 17.0. The van der Waals surface area contributed by atoms with Crippen molar-refractivity contribution in [2.24, 2.45) is 17.8 Å². The number of hydrogen-bond acceptors (Lipinski definition) is 3. The number of benzene rings is 1. The molecule has 2 fully saturated rings. The highest BCUT2D eigenvalue weighted by atomic mass is 35.5. The van der Waals surface area contributed by atoms with Crippen LogP contribution >= 0.6 is 23.2 Å². The summed E-state index contributed by atoms with van der Waals surface area (Å²) in [6.45, 7) is 3.87. The second kappa shape index (κ2) is 8.64. The first-order chi connectivity index (χ1) is 13.6. The van der Waals surface area contributed by atoms with Crippen molar-refractivity contribution in [3.63, 3.8) is 0 Å². The minimum absolute atomic E-state index is 0.0471. The van der Waals surface area contributed by atoms with Gasteiger partial charge in [-0.2, -0.15) is 0 Å². The van der Waals surface area contributed by atoms with Crippen LogP contribution in [0.1, 0.15) is 17.5 Å². The summed E-state index contributed by atoms with van der Waals surface area (Å²) in [5.74, 6) is 2.21. The van der Waals surface area contributed by atoms with Crippen LogP contribution in [0.25, 0.3) is 6.08 Å². The van der Waals surface area contributed by atoms with E-state index in [0.717, 1.165) is 55.9 Å². The monoisotopic (exact) mass is 415 g/mol. The largest absolute Gasteiger partial charge is 0.353 e. The van der Waals surface area contributed by atoms with E-state index in [0.29, 0.717) is 10.0 Å². The number of pyridine rings is 1. The first-order valence-corrected chi connectivity index (χ1v) is 10.4. The standard InChI is InChI=1S/C22H23Cl2N3O/c23-17-8-16(9-18(24)10-17)12-27-13-20-19(21(20)14-27)5-7-26-22(28)4-3-15-2-1-6-25-11-15/h1-4,6,8-11,19-21H,5,7,12-14H2,(H,26,28)/b4-3+/t19-,20-,21+. The third-order valence-corrected chi connectivity index (χ3v) is 6.10. The molecule has 1 N–H and O–H groups in total. The average molecular weight is 416 g/mol. The molecule has 0 unspecified atom stereocenters. The van der Waals surface area contributed by atoms with Crippen molar-refractivity contribution >= 4 is 35.2 Å². The molecule has 2 aliphatic rings. The molecule has 28 heavy (non-hydrogen) atoms. The molecule has 1 aliphatic heterocycles. The summed E-state index contributed by atoms with van der Waals surface area (Å²) in [4.78, 5) is 18.4. The summed E-state index contributed by atoms with van der Waals surface area (Å²) in [5.41, 5.74) is 2.10. The van der Waals surface area contributed by atoms with Gasteiger partial charge in [-0.05, 0) is 65.6 Å². The molecule has 1 saturated carbocycles. The number of aromatic nitrogens is 1. The number of hydrogen-bond donors (Lipinski definition) is 1. The van der Waals surface area contributed by atoms with Crippen molar-refractivity contribution in [2.75, 3.05) is 19.6 Å². The van der Waals surface area contributed by atoms with Gasteiger partial charge in [0.1, 0.15) is 0 Å². The van der Waals surface area contributed by atoms with Gasteiger partial charge in [-0.1, -0.05) is 29.3 Å². The van der Waals surface area contributed by atoms with Crippen molar-refractivity contribution in [1.82, 2.24) is 15.2 Å². The van der Waals surface area contributed by atoms with Gasteiger partial charge in [-0.25, -0.2) is 0 Å². The molecule has 1 amide bonds. The van der Waals surface area contributed by atoms with Gasteiger partial charge in [0.25, 0.3) is 0 Å². The lowest BCUT2D eigenvalue weighted by molar-refractivity contribution is -0.116. The first kappa shape index (κ1) is 19.4. The summed E-state index contributed by atoms with van der Waals surface area (Å²) < 4.78 is 0. The topological polar surface area (TPSA) is 45.2 Å². The lowest BCUT2D eigenvalue weighted by Crippen LogP contribution is -2.26. The second-order valence-corrected chi connectivity index (χ2v) is 8.54. The van der Waals surface area contributed by atoms with Crippen LogP contribution in [0.4, 0.5) is 0 Å². The van der Waals surface area contributed by atoms with E-state index >= 15 is 0 Å². The Balaban J connectivity index is 1.16. The Morgan fingerprint density at radius 2 is 1.96 bits per heavy atom. The van der Waals surface area contributed by atoms with Gasteiger partial charge in [0.15, 0.2) is 0 Å². The maximum atomic E-state index is 11.9. The molecular formula is C22H23Cl2N3O. The number of rotatable bonds is 7. The van der Waals surface area contributed by atoms with Crippen LogP contribution in [-0.4, -0.2) is 35.4 Å². The van der Waals surface area contributed by atoms with Crippen LogP contribution < -0.4 is 5.32 Å². The van der Waals surface area contributed by atoms with Crippen molar-refractivity contribution in [1.29, 1.82) is 0 Å². The smallest absolute Gasteiger partial charge is 0.244 e. The SMILES string of the molecule is O=C(/C=C/c1cccnc1)NCC[C@@H]1[C@H]2CN(Cc3cc(Cl)cc(Cl)c3)C[C@@H]12. The lowest BCUT2D eigenvalue weighted by Gasteiger charge is -2.19. The van der Waals surface area contributed by atoms with Crippen LogP contribution in [0.2, 0.25) is 10.0 Å². The third-order valence-electron chi connectivity index (χ3n) is 5.66. The summed E-state index contributed by atoms with van der Waals surface area (Å²) >= 11 is 12.2. The van der Waals surface area contributed by atoms with Gasteiger partial charge in [0, 0.05) is 54.7 Å². The van der Waals surface area contributed by atoms with Crippen LogP contribution in [0.5, 0.6) is 0 Å². The fourth-order valence-electron chi connectivity index (χ4n) is 4.32. The molecule has 146 valence electrons. The molecule has 0 radical (unpaired) electrons. The highest BCUT2D eigenvalue weighted by molar-refractivity contribution is 6.34. The van der Waals surface area contributed by atoms with E-state index in [9.17, 15) is 4.79 Å². The van der Waals surface area contributed by atoms with Crippen LogP contribution in [-0.2, 0) is 11.3 Å². The quantitative estimate of drug-likeness (QED) is 0.686. The van der Waals surface area contributed by atoms with E-state index in [1.165, 1.54) is 5.56 Å². The predicted molar refractivity (Wildman–Crippen MR) is 113 cm³/mol. The predicted octanol–water partition coefficient (Wildman–Crippen LogP) is 4.29. The van der Waals surface area contributed by atoms with E-state index in [-0.39, 0.29) is 5.91 Å². The van der Waals surface area contributed by atoms with E-state index < -0.39 is 0 Å². The first-order valence-electron chi connectivity index (χ1n) is 9.62. The van der Waals surface area contributed by atoms with Crippen molar-refractivity contribution < 1.29 is 4.79 Å². The highest BCUT2D eigenvalue weighted by Gasteiger charge is 2.54. The number of nitrogens with one attached hydrogen (secondary N) is 1. The number of carbonyl (C=O) groups excluding carboxylic acids is 1. The average Bonchev–Trinajstić information content (AvgIpc) is 3.11. The van der Waals surface area contributed by atoms with Crippen LogP contribution in [0.3, 0.4) is 0 Å². The molecule has 1 aliphatic carbocycles. The second-order valence-electron chi connectivity index (χ2n) is 7.66. The molecule has 0 spiro atoms. The molecule has 4 nitrogen and oxygen atoms in total.